The number of rotatable bonds is 3. The molecular formula is C20H27N3O2. The zero-order valence-corrected chi connectivity index (χ0v) is 15.1. The Morgan fingerprint density at radius 3 is 3.16 bits per heavy atom. The summed E-state index contributed by atoms with van der Waals surface area (Å²) < 4.78 is 5.74. The Bertz CT molecular complexity index is 783. The Kier molecular flexibility index (Phi) is 4.52. The van der Waals surface area contributed by atoms with E-state index < -0.39 is 0 Å². The number of carbonyl (C=O) groups is 1. The largest absolute Gasteiger partial charge is 0.374 e. The number of aromatic amines is 1. The number of amides is 1. The van der Waals surface area contributed by atoms with Crippen molar-refractivity contribution in [3.05, 3.63) is 35.0 Å². The molecule has 1 amide bonds. The van der Waals surface area contributed by atoms with Crippen molar-refractivity contribution in [2.45, 2.75) is 32.3 Å². The Balaban J connectivity index is 1.53. The molecule has 2 heterocycles. The first-order valence-electron chi connectivity index (χ1n) is 9.32. The third kappa shape index (κ3) is 3.31. The first-order chi connectivity index (χ1) is 12.1. The van der Waals surface area contributed by atoms with Crippen LogP contribution in [0.1, 0.15) is 35.0 Å². The van der Waals surface area contributed by atoms with E-state index >= 15 is 0 Å². The number of para-hydroxylation sites is 1. The van der Waals surface area contributed by atoms with Crippen LogP contribution in [0.3, 0.4) is 0 Å². The van der Waals surface area contributed by atoms with Crippen LogP contribution in [0.4, 0.5) is 0 Å². The van der Waals surface area contributed by atoms with Crippen LogP contribution in [-0.2, 0) is 17.6 Å². The molecule has 2 atom stereocenters. The van der Waals surface area contributed by atoms with Crippen molar-refractivity contribution >= 4 is 16.8 Å². The van der Waals surface area contributed by atoms with Crippen LogP contribution in [0.2, 0.25) is 0 Å². The van der Waals surface area contributed by atoms with Crippen LogP contribution in [0.5, 0.6) is 0 Å². The van der Waals surface area contributed by atoms with Gasteiger partial charge in [-0.15, -0.1) is 0 Å². The van der Waals surface area contributed by atoms with Gasteiger partial charge in [-0.05, 0) is 43.9 Å². The van der Waals surface area contributed by atoms with E-state index in [0.717, 1.165) is 43.6 Å². The zero-order valence-electron chi connectivity index (χ0n) is 15.1. The summed E-state index contributed by atoms with van der Waals surface area (Å²) in [6.45, 7) is 5.40. The predicted molar refractivity (Wildman–Crippen MR) is 99.1 cm³/mol. The molecule has 1 fully saturated rings. The fourth-order valence-electron chi connectivity index (χ4n) is 4.10. The highest BCUT2D eigenvalue weighted by atomic mass is 16.5. The number of nitrogens with one attached hydrogen (secondary N) is 2. The standard InChI is InChI=1S/C20H27N3O2/c1-13-6-7-18-17(10-13)15-4-3-5-16(19(15)22-18)20(24)21-11-14-12-23(2)8-9-25-14/h3-5,13-14,22H,6-12H2,1-2H3,(H,21,24). The molecule has 0 saturated carbocycles. The maximum atomic E-state index is 12.8. The van der Waals surface area contributed by atoms with E-state index in [0.29, 0.717) is 12.5 Å². The van der Waals surface area contributed by atoms with Crippen molar-refractivity contribution in [3.63, 3.8) is 0 Å². The number of hydrogen-bond acceptors (Lipinski definition) is 3. The van der Waals surface area contributed by atoms with Gasteiger partial charge in [0.25, 0.3) is 5.91 Å². The highest BCUT2D eigenvalue weighted by molar-refractivity contribution is 6.06. The summed E-state index contributed by atoms with van der Waals surface area (Å²) >= 11 is 0. The molecule has 2 unspecified atom stereocenters. The van der Waals surface area contributed by atoms with E-state index in [9.17, 15) is 4.79 Å². The van der Waals surface area contributed by atoms with Crippen molar-refractivity contribution in [1.29, 1.82) is 0 Å². The SMILES string of the molecule is CC1CCc2[nH]c3c(C(=O)NCC4CN(C)CCO4)cccc3c2C1. The third-order valence-corrected chi connectivity index (χ3v) is 5.55. The van der Waals surface area contributed by atoms with Gasteiger partial charge in [-0.2, -0.15) is 0 Å². The maximum Gasteiger partial charge on any atom is 0.253 e. The second-order valence-electron chi connectivity index (χ2n) is 7.62. The predicted octanol–water partition coefficient (Wildman–Crippen LogP) is 2.35. The normalized spacial score (nSPS) is 24.2. The molecule has 4 rings (SSSR count). The number of H-pyrrole nitrogens is 1. The van der Waals surface area contributed by atoms with Crippen molar-refractivity contribution in [2.24, 2.45) is 5.92 Å². The Hall–Kier alpha value is -1.85. The summed E-state index contributed by atoms with van der Waals surface area (Å²) in [5.41, 5.74) is 4.44. The fourth-order valence-corrected chi connectivity index (χ4v) is 4.10. The Labute approximate surface area is 148 Å². The van der Waals surface area contributed by atoms with Crippen LogP contribution in [0.25, 0.3) is 10.9 Å². The number of benzene rings is 1. The molecule has 2 aliphatic rings. The minimum atomic E-state index is -0.0194. The molecule has 1 aromatic heterocycles. The lowest BCUT2D eigenvalue weighted by Gasteiger charge is -2.30. The second kappa shape index (κ2) is 6.81. The Morgan fingerprint density at radius 1 is 1.44 bits per heavy atom. The number of morpholine rings is 1. The molecule has 0 bridgehead atoms. The summed E-state index contributed by atoms with van der Waals surface area (Å²) in [6.07, 6.45) is 3.46. The average Bonchev–Trinajstić information content (AvgIpc) is 2.97. The smallest absolute Gasteiger partial charge is 0.253 e. The maximum absolute atomic E-state index is 12.8. The van der Waals surface area contributed by atoms with Gasteiger partial charge in [0.15, 0.2) is 0 Å². The summed E-state index contributed by atoms with van der Waals surface area (Å²) in [5.74, 6) is 0.693. The molecule has 0 radical (unpaired) electrons. The van der Waals surface area contributed by atoms with Crippen molar-refractivity contribution < 1.29 is 9.53 Å². The second-order valence-corrected chi connectivity index (χ2v) is 7.62. The van der Waals surface area contributed by atoms with E-state index in [4.69, 9.17) is 4.74 Å². The van der Waals surface area contributed by atoms with Gasteiger partial charge in [0, 0.05) is 30.7 Å². The first kappa shape index (κ1) is 16.6. The molecule has 134 valence electrons. The molecule has 1 aliphatic carbocycles. The summed E-state index contributed by atoms with van der Waals surface area (Å²) in [7, 11) is 2.09. The van der Waals surface area contributed by atoms with Crippen LogP contribution in [-0.4, -0.2) is 55.2 Å². The lowest BCUT2D eigenvalue weighted by molar-refractivity contribution is -0.0174. The van der Waals surface area contributed by atoms with E-state index in [1.165, 1.54) is 23.1 Å². The average molecular weight is 341 g/mol. The topological polar surface area (TPSA) is 57.4 Å². The van der Waals surface area contributed by atoms with E-state index in [2.05, 4.69) is 35.2 Å². The van der Waals surface area contributed by atoms with Crippen molar-refractivity contribution in [1.82, 2.24) is 15.2 Å². The summed E-state index contributed by atoms with van der Waals surface area (Å²) in [6, 6.07) is 6.05. The van der Waals surface area contributed by atoms with Crippen LogP contribution in [0.15, 0.2) is 18.2 Å². The van der Waals surface area contributed by atoms with Gasteiger partial charge in [0.2, 0.25) is 0 Å². The molecule has 25 heavy (non-hydrogen) atoms. The van der Waals surface area contributed by atoms with E-state index in [1.807, 2.05) is 12.1 Å². The number of nitrogens with zero attached hydrogens (tertiary/aromatic N) is 1. The quantitative estimate of drug-likeness (QED) is 0.901. The van der Waals surface area contributed by atoms with Gasteiger partial charge >= 0.3 is 0 Å². The summed E-state index contributed by atoms with van der Waals surface area (Å²) in [4.78, 5) is 18.5. The fraction of sp³-hybridized carbons (Fsp3) is 0.550. The zero-order chi connectivity index (χ0) is 17.4. The summed E-state index contributed by atoms with van der Waals surface area (Å²) in [5, 5.41) is 4.27. The minimum absolute atomic E-state index is 0.0194. The first-order valence-corrected chi connectivity index (χ1v) is 9.32. The monoisotopic (exact) mass is 341 g/mol. The molecule has 1 aliphatic heterocycles. The van der Waals surface area contributed by atoms with Crippen molar-refractivity contribution in [2.75, 3.05) is 33.3 Å². The number of aryl methyl sites for hydroxylation is 1. The van der Waals surface area contributed by atoms with E-state index in [-0.39, 0.29) is 12.0 Å². The molecule has 2 aromatic rings. The van der Waals surface area contributed by atoms with Gasteiger partial charge in [-0.25, -0.2) is 0 Å². The molecule has 1 aromatic carbocycles. The highest BCUT2D eigenvalue weighted by Crippen LogP contribution is 2.32. The highest BCUT2D eigenvalue weighted by Gasteiger charge is 2.23. The van der Waals surface area contributed by atoms with Gasteiger partial charge < -0.3 is 19.9 Å². The van der Waals surface area contributed by atoms with Gasteiger partial charge in [0.05, 0.1) is 23.8 Å². The van der Waals surface area contributed by atoms with Gasteiger partial charge in [0.1, 0.15) is 0 Å². The molecule has 5 nitrogen and oxygen atoms in total. The molecular weight excluding hydrogens is 314 g/mol. The number of hydrogen-bond donors (Lipinski definition) is 2. The van der Waals surface area contributed by atoms with Gasteiger partial charge in [-0.1, -0.05) is 19.1 Å². The lowest BCUT2D eigenvalue weighted by atomic mass is 9.87. The lowest BCUT2D eigenvalue weighted by Crippen LogP contribution is -2.45. The van der Waals surface area contributed by atoms with Gasteiger partial charge in [-0.3, -0.25) is 4.79 Å². The number of ether oxygens (including phenoxy) is 1. The van der Waals surface area contributed by atoms with Crippen LogP contribution in [0, 0.1) is 5.92 Å². The van der Waals surface area contributed by atoms with Crippen molar-refractivity contribution in [3.8, 4) is 0 Å². The van der Waals surface area contributed by atoms with Crippen LogP contribution >= 0.6 is 0 Å². The molecule has 5 heteroatoms. The van der Waals surface area contributed by atoms with Crippen LogP contribution < -0.4 is 5.32 Å². The third-order valence-electron chi connectivity index (χ3n) is 5.55. The number of likely N-dealkylation sites (N-methyl/N-ethyl adjacent to an activating group) is 1. The van der Waals surface area contributed by atoms with E-state index in [1.54, 1.807) is 0 Å². The number of carbonyl (C=O) groups excluding carboxylic acids is 1. The minimum Gasteiger partial charge on any atom is -0.374 e. The molecule has 0 spiro atoms. The molecule has 1 saturated heterocycles. The Morgan fingerprint density at radius 2 is 2.32 bits per heavy atom. The molecule has 2 N–H and O–H groups in total. The number of aromatic nitrogens is 1. The number of fused-ring (bicyclic) bond motifs is 3.